The Bertz CT molecular complexity index is 1290. The summed E-state index contributed by atoms with van der Waals surface area (Å²) in [7, 11) is 0. The van der Waals surface area contributed by atoms with Crippen molar-refractivity contribution in [3.05, 3.63) is 102 Å². The van der Waals surface area contributed by atoms with Gasteiger partial charge in [-0.15, -0.1) is 0 Å². The molecule has 1 amide bonds. The van der Waals surface area contributed by atoms with E-state index in [2.05, 4.69) is 44.5 Å². The summed E-state index contributed by atoms with van der Waals surface area (Å²) in [6, 6.07) is 23.3. The van der Waals surface area contributed by atoms with Gasteiger partial charge in [0, 0.05) is 56.5 Å². The first-order chi connectivity index (χ1) is 18.1. The Morgan fingerprint density at radius 3 is 2.41 bits per heavy atom. The molecule has 0 aliphatic carbocycles. The van der Waals surface area contributed by atoms with Crippen LogP contribution in [0.25, 0.3) is 0 Å². The van der Waals surface area contributed by atoms with Gasteiger partial charge in [-0.05, 0) is 48.0 Å². The van der Waals surface area contributed by atoms with Crippen LogP contribution >= 0.6 is 0 Å². The molecule has 2 aromatic heterocycles. The van der Waals surface area contributed by atoms with Crippen LogP contribution in [0.1, 0.15) is 21.9 Å². The standard InChI is InChI=1S/C28H29N5O4/c34-27(21-36-28(35)26-12-11-25(37-26)20-33-14-4-13-29-33)30-23-7-9-24(10-8-23)32-17-15-31(16-18-32)19-22-5-2-1-3-6-22/h1-14H,15-21H2,(H,30,34). The summed E-state index contributed by atoms with van der Waals surface area (Å²) >= 11 is 0. The molecule has 0 bridgehead atoms. The number of esters is 1. The van der Waals surface area contributed by atoms with Crippen LogP contribution in [0.2, 0.25) is 0 Å². The van der Waals surface area contributed by atoms with Crippen LogP contribution in [0.4, 0.5) is 11.4 Å². The highest BCUT2D eigenvalue weighted by Gasteiger charge is 2.18. The van der Waals surface area contributed by atoms with Crippen LogP contribution in [0.15, 0.2) is 89.6 Å². The molecule has 2 aromatic carbocycles. The number of rotatable bonds is 9. The van der Waals surface area contributed by atoms with E-state index in [-0.39, 0.29) is 5.76 Å². The van der Waals surface area contributed by atoms with Crippen molar-refractivity contribution < 1.29 is 18.7 Å². The minimum atomic E-state index is -0.691. The number of hydrogen-bond donors (Lipinski definition) is 1. The van der Waals surface area contributed by atoms with Crippen molar-refractivity contribution in [1.29, 1.82) is 0 Å². The molecule has 9 heteroatoms. The third-order valence-corrected chi connectivity index (χ3v) is 6.21. The maximum Gasteiger partial charge on any atom is 0.374 e. The van der Waals surface area contributed by atoms with Crippen molar-refractivity contribution in [2.24, 2.45) is 0 Å². The lowest BCUT2D eigenvalue weighted by Crippen LogP contribution is -2.45. The third kappa shape index (κ3) is 6.65. The fourth-order valence-electron chi connectivity index (χ4n) is 4.29. The van der Waals surface area contributed by atoms with Crippen LogP contribution in [0.5, 0.6) is 0 Å². The van der Waals surface area contributed by atoms with Gasteiger partial charge in [-0.2, -0.15) is 5.10 Å². The van der Waals surface area contributed by atoms with E-state index in [0.717, 1.165) is 38.4 Å². The molecule has 1 aliphatic heterocycles. The summed E-state index contributed by atoms with van der Waals surface area (Å²) in [4.78, 5) is 29.3. The summed E-state index contributed by atoms with van der Waals surface area (Å²) < 4.78 is 12.3. The Kier molecular flexibility index (Phi) is 7.61. The van der Waals surface area contributed by atoms with Crippen LogP contribution in [-0.4, -0.2) is 59.3 Å². The SMILES string of the molecule is O=C(COC(=O)c1ccc(Cn2cccn2)o1)Nc1ccc(N2CCN(Cc3ccccc3)CC2)cc1. The van der Waals surface area contributed by atoms with Crippen molar-refractivity contribution >= 4 is 23.3 Å². The van der Waals surface area contributed by atoms with Gasteiger partial charge in [0.1, 0.15) is 5.76 Å². The number of nitrogens with one attached hydrogen (secondary N) is 1. The smallest absolute Gasteiger partial charge is 0.374 e. The number of ether oxygens (including phenoxy) is 1. The van der Waals surface area contributed by atoms with Crippen molar-refractivity contribution in [2.45, 2.75) is 13.1 Å². The number of hydrogen-bond acceptors (Lipinski definition) is 7. The average molecular weight is 500 g/mol. The molecule has 1 fully saturated rings. The predicted molar refractivity (Wildman–Crippen MR) is 139 cm³/mol. The van der Waals surface area contributed by atoms with Gasteiger partial charge >= 0.3 is 5.97 Å². The van der Waals surface area contributed by atoms with E-state index in [1.807, 2.05) is 30.3 Å². The zero-order chi connectivity index (χ0) is 25.5. The normalized spacial score (nSPS) is 13.9. The Balaban J connectivity index is 1.05. The molecular formula is C28H29N5O4. The maximum atomic E-state index is 12.3. The predicted octanol–water partition coefficient (Wildman–Crippen LogP) is 3.64. The van der Waals surface area contributed by atoms with E-state index in [4.69, 9.17) is 9.15 Å². The van der Waals surface area contributed by atoms with Gasteiger partial charge in [-0.25, -0.2) is 4.79 Å². The molecule has 0 radical (unpaired) electrons. The number of amides is 1. The van der Waals surface area contributed by atoms with Gasteiger partial charge in [-0.1, -0.05) is 30.3 Å². The van der Waals surface area contributed by atoms with Gasteiger partial charge < -0.3 is 19.4 Å². The molecule has 1 aliphatic rings. The average Bonchev–Trinajstić information content (AvgIpc) is 3.62. The summed E-state index contributed by atoms with van der Waals surface area (Å²) in [5.41, 5.74) is 3.10. The Labute approximate surface area is 215 Å². The second-order valence-corrected chi connectivity index (χ2v) is 8.89. The van der Waals surface area contributed by atoms with E-state index in [0.29, 0.717) is 18.0 Å². The molecule has 4 aromatic rings. The summed E-state index contributed by atoms with van der Waals surface area (Å²) in [6.07, 6.45) is 3.46. The zero-order valence-electron chi connectivity index (χ0n) is 20.5. The Morgan fingerprint density at radius 1 is 0.892 bits per heavy atom. The fourth-order valence-corrected chi connectivity index (χ4v) is 4.29. The minimum Gasteiger partial charge on any atom is -0.452 e. The molecule has 0 atom stereocenters. The summed E-state index contributed by atoms with van der Waals surface area (Å²) in [6.45, 7) is 4.87. The number of aromatic nitrogens is 2. The highest BCUT2D eigenvalue weighted by molar-refractivity contribution is 5.94. The lowest BCUT2D eigenvalue weighted by molar-refractivity contribution is -0.119. The molecule has 1 N–H and O–H groups in total. The molecule has 0 spiro atoms. The number of anilines is 2. The van der Waals surface area contributed by atoms with Crippen LogP contribution < -0.4 is 10.2 Å². The number of carbonyl (C=O) groups excluding carboxylic acids is 2. The van der Waals surface area contributed by atoms with Crippen molar-refractivity contribution in [3.63, 3.8) is 0 Å². The Hall–Kier alpha value is -4.37. The maximum absolute atomic E-state index is 12.3. The number of piperazine rings is 1. The van der Waals surface area contributed by atoms with Gasteiger partial charge in [0.25, 0.3) is 5.91 Å². The topological polar surface area (TPSA) is 92.8 Å². The van der Waals surface area contributed by atoms with Gasteiger partial charge in [0.2, 0.25) is 5.76 Å². The summed E-state index contributed by atoms with van der Waals surface area (Å²) in [5, 5.41) is 6.86. The molecule has 37 heavy (non-hydrogen) atoms. The third-order valence-electron chi connectivity index (χ3n) is 6.21. The van der Waals surface area contributed by atoms with Crippen molar-refractivity contribution in [3.8, 4) is 0 Å². The van der Waals surface area contributed by atoms with Crippen molar-refractivity contribution in [1.82, 2.24) is 14.7 Å². The molecular weight excluding hydrogens is 470 g/mol. The molecule has 3 heterocycles. The molecule has 0 saturated carbocycles. The number of carbonyl (C=O) groups is 2. The van der Waals surface area contributed by atoms with E-state index in [9.17, 15) is 9.59 Å². The lowest BCUT2D eigenvalue weighted by Gasteiger charge is -2.36. The van der Waals surface area contributed by atoms with E-state index >= 15 is 0 Å². The van der Waals surface area contributed by atoms with Crippen LogP contribution in [-0.2, 0) is 22.6 Å². The first kappa shape index (κ1) is 24.3. The lowest BCUT2D eigenvalue weighted by atomic mass is 10.2. The largest absolute Gasteiger partial charge is 0.452 e. The van der Waals surface area contributed by atoms with Gasteiger partial charge in [0.05, 0.1) is 6.54 Å². The minimum absolute atomic E-state index is 0.0446. The molecule has 9 nitrogen and oxygen atoms in total. The molecule has 5 rings (SSSR count). The first-order valence-electron chi connectivity index (χ1n) is 12.3. The highest BCUT2D eigenvalue weighted by atomic mass is 16.5. The van der Waals surface area contributed by atoms with E-state index in [1.165, 1.54) is 11.6 Å². The van der Waals surface area contributed by atoms with Gasteiger partial charge in [0.15, 0.2) is 6.61 Å². The first-order valence-corrected chi connectivity index (χ1v) is 12.3. The van der Waals surface area contributed by atoms with Gasteiger partial charge in [-0.3, -0.25) is 14.4 Å². The van der Waals surface area contributed by atoms with E-state index < -0.39 is 18.5 Å². The molecule has 0 unspecified atom stereocenters. The summed E-state index contributed by atoms with van der Waals surface area (Å²) in [5.74, 6) is -0.497. The second-order valence-electron chi connectivity index (χ2n) is 8.89. The molecule has 1 saturated heterocycles. The number of benzene rings is 2. The fraction of sp³-hybridized carbons (Fsp3) is 0.250. The Morgan fingerprint density at radius 2 is 1.68 bits per heavy atom. The van der Waals surface area contributed by atoms with Crippen molar-refractivity contribution in [2.75, 3.05) is 43.0 Å². The molecule has 190 valence electrons. The monoisotopic (exact) mass is 499 g/mol. The number of furan rings is 1. The number of nitrogens with zero attached hydrogens (tertiary/aromatic N) is 4. The zero-order valence-corrected chi connectivity index (χ0v) is 20.5. The quantitative estimate of drug-likeness (QED) is 0.352. The van der Waals surface area contributed by atoms with Crippen LogP contribution in [0, 0.1) is 0 Å². The van der Waals surface area contributed by atoms with Crippen LogP contribution in [0.3, 0.4) is 0 Å². The second kappa shape index (κ2) is 11.6. The highest BCUT2D eigenvalue weighted by Crippen LogP contribution is 2.20. The van der Waals surface area contributed by atoms with E-state index in [1.54, 1.807) is 29.2 Å².